The number of hydrogen-bond acceptors (Lipinski definition) is 3. The molecule has 0 saturated heterocycles. The van der Waals surface area contributed by atoms with Gasteiger partial charge in [-0.25, -0.2) is 5.48 Å². The molecule has 0 bridgehead atoms. The minimum Gasteiger partial charge on any atom is -0.355 e. The average molecular weight is 340 g/mol. The maximum Gasteiger partial charge on any atom is 0.259 e. The highest BCUT2D eigenvalue weighted by Crippen LogP contribution is 2.23. The van der Waals surface area contributed by atoms with Gasteiger partial charge in [0.2, 0.25) is 5.91 Å². The van der Waals surface area contributed by atoms with Crippen LogP contribution in [0.5, 0.6) is 0 Å². The van der Waals surface area contributed by atoms with Gasteiger partial charge in [-0.2, -0.15) is 0 Å². The van der Waals surface area contributed by atoms with Crippen molar-refractivity contribution in [3.05, 3.63) is 71.8 Å². The Morgan fingerprint density at radius 3 is 2.04 bits per heavy atom. The first kappa shape index (κ1) is 18.7. The van der Waals surface area contributed by atoms with Gasteiger partial charge in [-0.1, -0.05) is 60.7 Å². The molecule has 1 atom stereocenters. The lowest BCUT2D eigenvalue weighted by Crippen LogP contribution is -2.50. The zero-order valence-corrected chi connectivity index (χ0v) is 14.4. The number of rotatable bonds is 8. The molecule has 1 unspecified atom stereocenters. The number of hydroxylamine groups is 1. The summed E-state index contributed by atoms with van der Waals surface area (Å²) >= 11 is 0. The lowest BCUT2D eigenvalue weighted by atomic mass is 9.81. The molecule has 0 aliphatic rings. The quantitative estimate of drug-likeness (QED) is 0.299. The normalized spacial score (nSPS) is 12.9. The molecule has 2 amide bonds. The minimum absolute atomic E-state index is 0.213. The first-order valence-corrected chi connectivity index (χ1v) is 8.37. The van der Waals surface area contributed by atoms with Crippen molar-refractivity contribution in [2.24, 2.45) is 5.41 Å². The topological polar surface area (TPSA) is 78.4 Å². The minimum atomic E-state index is -1.37. The van der Waals surface area contributed by atoms with Crippen molar-refractivity contribution < 1.29 is 14.8 Å². The smallest absolute Gasteiger partial charge is 0.259 e. The van der Waals surface area contributed by atoms with Gasteiger partial charge in [0.15, 0.2) is 0 Å². The highest BCUT2D eigenvalue weighted by molar-refractivity contribution is 6.04. The van der Waals surface area contributed by atoms with Crippen LogP contribution in [0.4, 0.5) is 0 Å². The fraction of sp³-hybridized carbons (Fsp3) is 0.300. The molecule has 0 radical (unpaired) electrons. The van der Waals surface area contributed by atoms with E-state index in [9.17, 15) is 9.59 Å². The van der Waals surface area contributed by atoms with E-state index in [-0.39, 0.29) is 6.42 Å². The fourth-order valence-corrected chi connectivity index (χ4v) is 2.73. The summed E-state index contributed by atoms with van der Waals surface area (Å²) in [7, 11) is 0. The van der Waals surface area contributed by atoms with Crippen LogP contribution in [0, 0.1) is 5.41 Å². The van der Waals surface area contributed by atoms with Gasteiger partial charge in [0.1, 0.15) is 5.41 Å². The van der Waals surface area contributed by atoms with Crippen molar-refractivity contribution in [1.29, 1.82) is 0 Å². The van der Waals surface area contributed by atoms with Crippen LogP contribution < -0.4 is 10.8 Å². The zero-order valence-electron chi connectivity index (χ0n) is 14.4. The third kappa shape index (κ3) is 5.16. The molecule has 2 aromatic carbocycles. The Hall–Kier alpha value is -2.66. The van der Waals surface area contributed by atoms with E-state index in [1.54, 1.807) is 5.48 Å². The lowest BCUT2D eigenvalue weighted by Gasteiger charge is -2.26. The molecule has 0 aliphatic carbocycles. The predicted octanol–water partition coefficient (Wildman–Crippen LogP) is 2.49. The number of amides is 2. The van der Waals surface area contributed by atoms with E-state index in [4.69, 9.17) is 5.21 Å². The second kappa shape index (κ2) is 8.99. The number of hydrogen-bond donors (Lipinski definition) is 3. The Bertz CT molecular complexity index is 689. The molecule has 0 spiro atoms. The van der Waals surface area contributed by atoms with Gasteiger partial charge >= 0.3 is 0 Å². The van der Waals surface area contributed by atoms with E-state index in [0.29, 0.717) is 6.54 Å². The molecule has 0 fully saturated rings. The van der Waals surface area contributed by atoms with E-state index in [1.807, 2.05) is 60.7 Å². The summed E-state index contributed by atoms with van der Waals surface area (Å²) < 4.78 is 0. The third-order valence-electron chi connectivity index (χ3n) is 4.27. The molecular formula is C20H24N2O3. The van der Waals surface area contributed by atoms with E-state index < -0.39 is 17.2 Å². The summed E-state index contributed by atoms with van der Waals surface area (Å²) in [5.41, 5.74) is 2.31. The first-order chi connectivity index (χ1) is 12.1. The van der Waals surface area contributed by atoms with Gasteiger partial charge in [0, 0.05) is 6.54 Å². The van der Waals surface area contributed by atoms with E-state index in [0.717, 1.165) is 18.4 Å². The second-order valence-electron chi connectivity index (χ2n) is 6.28. The Morgan fingerprint density at radius 1 is 0.920 bits per heavy atom. The molecule has 0 aliphatic heterocycles. The molecule has 5 nitrogen and oxygen atoms in total. The number of nitrogens with one attached hydrogen (secondary N) is 2. The van der Waals surface area contributed by atoms with Crippen molar-refractivity contribution in [3.63, 3.8) is 0 Å². The number of carbonyl (C=O) groups is 2. The zero-order chi connectivity index (χ0) is 18.1. The lowest BCUT2D eigenvalue weighted by molar-refractivity contribution is -0.148. The summed E-state index contributed by atoms with van der Waals surface area (Å²) in [5, 5.41) is 11.9. The number of benzene rings is 2. The highest BCUT2D eigenvalue weighted by Gasteiger charge is 2.41. The summed E-state index contributed by atoms with van der Waals surface area (Å²) in [6, 6.07) is 19.3. The van der Waals surface area contributed by atoms with Crippen LogP contribution in [-0.2, 0) is 22.4 Å². The van der Waals surface area contributed by atoms with E-state index in [2.05, 4.69) is 5.32 Å². The van der Waals surface area contributed by atoms with Crippen molar-refractivity contribution in [1.82, 2.24) is 10.8 Å². The molecule has 5 heteroatoms. The van der Waals surface area contributed by atoms with Gasteiger partial charge in [-0.05, 0) is 37.3 Å². The van der Waals surface area contributed by atoms with Gasteiger partial charge in [-0.15, -0.1) is 0 Å². The van der Waals surface area contributed by atoms with Crippen molar-refractivity contribution >= 4 is 11.8 Å². The molecular weight excluding hydrogens is 316 g/mol. The van der Waals surface area contributed by atoms with Gasteiger partial charge < -0.3 is 5.32 Å². The van der Waals surface area contributed by atoms with Gasteiger partial charge in [0.25, 0.3) is 5.91 Å². The molecule has 2 aromatic rings. The van der Waals surface area contributed by atoms with Crippen molar-refractivity contribution in [3.8, 4) is 0 Å². The monoisotopic (exact) mass is 340 g/mol. The molecule has 0 aromatic heterocycles. The van der Waals surface area contributed by atoms with Gasteiger partial charge in [0.05, 0.1) is 0 Å². The maximum atomic E-state index is 12.6. The largest absolute Gasteiger partial charge is 0.355 e. The van der Waals surface area contributed by atoms with Crippen LogP contribution in [-0.4, -0.2) is 23.6 Å². The second-order valence-corrected chi connectivity index (χ2v) is 6.28. The van der Waals surface area contributed by atoms with Crippen LogP contribution >= 0.6 is 0 Å². The summed E-state index contributed by atoms with van der Waals surface area (Å²) in [6.07, 6.45) is 1.84. The molecule has 0 saturated carbocycles. The SMILES string of the molecule is CC(Cc1ccccc1)(C(=O)NO)C(=O)NCCCc1ccccc1. The highest BCUT2D eigenvalue weighted by atomic mass is 16.5. The Kier molecular flexibility index (Phi) is 6.71. The van der Waals surface area contributed by atoms with Crippen molar-refractivity contribution in [2.45, 2.75) is 26.2 Å². The first-order valence-electron chi connectivity index (χ1n) is 8.37. The predicted molar refractivity (Wildman–Crippen MR) is 96.0 cm³/mol. The standard InChI is InChI=1S/C20H24N2O3/c1-20(19(24)22-25,15-17-11-6-3-7-12-17)18(23)21-14-8-13-16-9-4-2-5-10-16/h2-7,9-12,25H,8,13-15H2,1H3,(H,21,23)(H,22,24). The molecule has 25 heavy (non-hydrogen) atoms. The number of aryl methyl sites for hydroxylation is 1. The molecule has 2 rings (SSSR count). The Labute approximate surface area is 148 Å². The van der Waals surface area contributed by atoms with Crippen LogP contribution in [0.25, 0.3) is 0 Å². The average Bonchev–Trinajstić information content (AvgIpc) is 2.65. The Balaban J connectivity index is 1.94. The van der Waals surface area contributed by atoms with Gasteiger partial charge in [-0.3, -0.25) is 14.8 Å². The fourth-order valence-electron chi connectivity index (χ4n) is 2.73. The summed E-state index contributed by atoms with van der Waals surface area (Å²) in [6.45, 7) is 2.01. The third-order valence-corrected chi connectivity index (χ3v) is 4.27. The maximum absolute atomic E-state index is 12.6. The van der Waals surface area contributed by atoms with Crippen LogP contribution in [0.1, 0.15) is 24.5 Å². The van der Waals surface area contributed by atoms with E-state index >= 15 is 0 Å². The van der Waals surface area contributed by atoms with Crippen LogP contribution in [0.2, 0.25) is 0 Å². The summed E-state index contributed by atoms with van der Waals surface area (Å²) in [5.74, 6) is -1.10. The molecule has 3 N–H and O–H groups in total. The van der Waals surface area contributed by atoms with Crippen LogP contribution in [0.15, 0.2) is 60.7 Å². The molecule has 0 heterocycles. The Morgan fingerprint density at radius 2 is 1.48 bits per heavy atom. The van der Waals surface area contributed by atoms with Crippen LogP contribution in [0.3, 0.4) is 0 Å². The number of carbonyl (C=O) groups excluding carboxylic acids is 2. The molecule has 132 valence electrons. The van der Waals surface area contributed by atoms with Crippen molar-refractivity contribution in [2.75, 3.05) is 6.54 Å². The van der Waals surface area contributed by atoms with E-state index in [1.165, 1.54) is 12.5 Å². The summed E-state index contributed by atoms with van der Waals surface area (Å²) in [4.78, 5) is 24.7.